The van der Waals surface area contributed by atoms with E-state index >= 15 is 0 Å². The first-order chi connectivity index (χ1) is 9.04. The molecule has 104 valence electrons. The van der Waals surface area contributed by atoms with Crippen molar-refractivity contribution in [2.24, 2.45) is 5.73 Å². The topological polar surface area (TPSA) is 105 Å². The first-order valence-electron chi connectivity index (χ1n) is 6.23. The lowest BCUT2D eigenvalue weighted by molar-refractivity contribution is -0.138. The van der Waals surface area contributed by atoms with Gasteiger partial charge in [0.05, 0.1) is 12.0 Å². The van der Waals surface area contributed by atoms with Crippen LogP contribution in [0.1, 0.15) is 47.6 Å². The molecule has 1 fully saturated rings. The number of hydrogen-bond donors (Lipinski definition) is 3. The van der Waals surface area contributed by atoms with Crippen LogP contribution in [0.4, 0.5) is 0 Å². The number of aliphatic carboxylic acids is 1. The molecule has 1 saturated carbocycles. The average molecular weight is 283 g/mol. The minimum atomic E-state index is -0.886. The van der Waals surface area contributed by atoms with Gasteiger partial charge in [-0.15, -0.1) is 11.3 Å². The normalized spacial score (nSPS) is 17.3. The molecule has 0 bridgehead atoms. The number of hydrogen-bond acceptors (Lipinski definition) is 5. The van der Waals surface area contributed by atoms with Crippen molar-refractivity contribution in [1.82, 2.24) is 10.3 Å². The van der Waals surface area contributed by atoms with E-state index < -0.39 is 11.5 Å². The molecule has 0 atom stereocenters. The fourth-order valence-electron chi connectivity index (χ4n) is 2.50. The molecule has 0 aliphatic heterocycles. The Balaban J connectivity index is 2.08. The summed E-state index contributed by atoms with van der Waals surface area (Å²) in [6.45, 7) is 0.304. The van der Waals surface area contributed by atoms with Gasteiger partial charge in [-0.25, -0.2) is 4.98 Å². The standard InChI is InChI=1S/C12H17N3O3S/c13-6-9-14-8(7-19-9)11(18)15-12(5-10(16)17)3-1-2-4-12/h7H,1-6,13H2,(H,15,18)(H,16,17). The van der Waals surface area contributed by atoms with Crippen LogP contribution in [0.5, 0.6) is 0 Å². The molecule has 0 aromatic carbocycles. The Hall–Kier alpha value is -1.47. The van der Waals surface area contributed by atoms with Crippen molar-refractivity contribution >= 4 is 23.2 Å². The van der Waals surface area contributed by atoms with Gasteiger partial charge in [0.15, 0.2) is 0 Å². The molecule has 1 aromatic rings. The van der Waals surface area contributed by atoms with E-state index in [0.29, 0.717) is 30.1 Å². The van der Waals surface area contributed by atoms with Crippen molar-refractivity contribution in [3.63, 3.8) is 0 Å². The second kappa shape index (κ2) is 5.66. The zero-order chi connectivity index (χ0) is 13.9. The van der Waals surface area contributed by atoms with Crippen molar-refractivity contribution in [3.05, 3.63) is 16.1 Å². The van der Waals surface area contributed by atoms with Gasteiger partial charge < -0.3 is 16.2 Å². The fourth-order valence-corrected chi connectivity index (χ4v) is 3.16. The van der Waals surface area contributed by atoms with Gasteiger partial charge in [0.2, 0.25) is 0 Å². The maximum absolute atomic E-state index is 12.1. The lowest BCUT2D eigenvalue weighted by Crippen LogP contribution is -2.47. The van der Waals surface area contributed by atoms with E-state index in [9.17, 15) is 9.59 Å². The monoisotopic (exact) mass is 283 g/mol. The SMILES string of the molecule is NCc1nc(C(=O)NC2(CC(=O)O)CCCC2)cs1. The number of aromatic nitrogens is 1. The predicted octanol–water partition coefficient (Wildman–Crippen LogP) is 1.12. The Labute approximate surface area is 115 Å². The highest BCUT2D eigenvalue weighted by Gasteiger charge is 2.37. The molecule has 0 saturated heterocycles. The van der Waals surface area contributed by atoms with E-state index in [1.54, 1.807) is 5.38 Å². The number of nitrogens with two attached hydrogens (primary N) is 1. The van der Waals surface area contributed by atoms with Crippen LogP contribution < -0.4 is 11.1 Å². The summed E-state index contributed by atoms with van der Waals surface area (Å²) >= 11 is 1.34. The van der Waals surface area contributed by atoms with Crippen molar-refractivity contribution in [1.29, 1.82) is 0 Å². The van der Waals surface area contributed by atoms with E-state index in [1.807, 2.05) is 0 Å². The molecule has 0 unspecified atom stereocenters. The molecule has 1 aromatic heterocycles. The number of amides is 1. The molecule has 2 rings (SSSR count). The largest absolute Gasteiger partial charge is 0.481 e. The molecular formula is C12H17N3O3S. The number of carbonyl (C=O) groups excluding carboxylic acids is 1. The van der Waals surface area contributed by atoms with Gasteiger partial charge in [-0.1, -0.05) is 12.8 Å². The van der Waals surface area contributed by atoms with Gasteiger partial charge in [-0.3, -0.25) is 9.59 Å². The number of carbonyl (C=O) groups is 2. The van der Waals surface area contributed by atoms with E-state index in [4.69, 9.17) is 10.8 Å². The van der Waals surface area contributed by atoms with Crippen LogP contribution in [0.25, 0.3) is 0 Å². The van der Waals surface area contributed by atoms with Crippen molar-refractivity contribution in [3.8, 4) is 0 Å². The van der Waals surface area contributed by atoms with Crippen LogP contribution >= 0.6 is 11.3 Å². The maximum Gasteiger partial charge on any atom is 0.305 e. The third kappa shape index (κ3) is 3.30. The highest BCUT2D eigenvalue weighted by Crippen LogP contribution is 2.33. The van der Waals surface area contributed by atoms with Crippen LogP contribution in [0.15, 0.2) is 5.38 Å². The number of nitrogens with zero attached hydrogens (tertiary/aromatic N) is 1. The van der Waals surface area contributed by atoms with Crippen LogP contribution in [0.2, 0.25) is 0 Å². The van der Waals surface area contributed by atoms with E-state index in [-0.39, 0.29) is 12.3 Å². The molecule has 4 N–H and O–H groups in total. The summed E-state index contributed by atoms with van der Waals surface area (Å²) in [7, 11) is 0. The predicted molar refractivity (Wildman–Crippen MR) is 70.9 cm³/mol. The lowest BCUT2D eigenvalue weighted by Gasteiger charge is -2.28. The zero-order valence-corrected chi connectivity index (χ0v) is 11.3. The summed E-state index contributed by atoms with van der Waals surface area (Å²) in [6, 6.07) is 0. The van der Waals surface area contributed by atoms with Crippen LogP contribution in [0, 0.1) is 0 Å². The number of carboxylic acid groups (broad SMARTS) is 1. The average Bonchev–Trinajstić information content (AvgIpc) is 2.97. The van der Waals surface area contributed by atoms with Crippen LogP contribution in [0.3, 0.4) is 0 Å². The smallest absolute Gasteiger partial charge is 0.305 e. The second-order valence-electron chi connectivity index (χ2n) is 4.84. The molecule has 1 aliphatic carbocycles. The first kappa shape index (κ1) is 14.0. The Bertz CT molecular complexity index is 480. The number of rotatable bonds is 5. The molecule has 0 radical (unpaired) electrons. The molecule has 7 heteroatoms. The van der Waals surface area contributed by atoms with E-state index in [0.717, 1.165) is 12.8 Å². The van der Waals surface area contributed by atoms with E-state index in [2.05, 4.69) is 10.3 Å². The summed E-state index contributed by atoms with van der Waals surface area (Å²) in [5, 5.41) is 14.2. The van der Waals surface area contributed by atoms with Crippen molar-refractivity contribution in [2.45, 2.75) is 44.2 Å². The van der Waals surface area contributed by atoms with Gasteiger partial charge in [0.25, 0.3) is 5.91 Å². The Morgan fingerprint density at radius 2 is 2.16 bits per heavy atom. The zero-order valence-electron chi connectivity index (χ0n) is 10.5. The molecule has 6 nitrogen and oxygen atoms in total. The maximum atomic E-state index is 12.1. The molecule has 1 amide bonds. The van der Waals surface area contributed by atoms with Gasteiger partial charge in [0, 0.05) is 11.9 Å². The Kier molecular flexibility index (Phi) is 4.16. The number of nitrogens with one attached hydrogen (secondary N) is 1. The van der Waals surface area contributed by atoms with Gasteiger partial charge in [0.1, 0.15) is 10.7 Å². The molecular weight excluding hydrogens is 266 g/mol. The third-order valence-corrected chi connectivity index (χ3v) is 4.26. The van der Waals surface area contributed by atoms with Gasteiger partial charge in [-0.2, -0.15) is 0 Å². The lowest BCUT2D eigenvalue weighted by atomic mass is 9.93. The summed E-state index contributed by atoms with van der Waals surface area (Å²) in [6.07, 6.45) is 3.27. The number of carboxylic acids is 1. The molecule has 19 heavy (non-hydrogen) atoms. The van der Waals surface area contributed by atoms with Crippen molar-refractivity contribution < 1.29 is 14.7 Å². The van der Waals surface area contributed by atoms with Crippen molar-refractivity contribution in [2.75, 3.05) is 0 Å². The summed E-state index contributed by atoms with van der Waals surface area (Å²) < 4.78 is 0. The molecule has 1 heterocycles. The van der Waals surface area contributed by atoms with Gasteiger partial charge in [-0.05, 0) is 12.8 Å². The quantitative estimate of drug-likeness (QED) is 0.751. The highest BCUT2D eigenvalue weighted by atomic mass is 32.1. The first-order valence-corrected chi connectivity index (χ1v) is 7.11. The summed E-state index contributed by atoms with van der Waals surface area (Å²) in [4.78, 5) is 27.2. The minimum Gasteiger partial charge on any atom is -0.481 e. The second-order valence-corrected chi connectivity index (χ2v) is 5.79. The molecule has 1 aliphatic rings. The Morgan fingerprint density at radius 1 is 1.47 bits per heavy atom. The minimum absolute atomic E-state index is 0.0351. The van der Waals surface area contributed by atoms with E-state index in [1.165, 1.54) is 11.3 Å². The highest BCUT2D eigenvalue weighted by molar-refractivity contribution is 7.09. The van der Waals surface area contributed by atoms with Gasteiger partial charge >= 0.3 is 5.97 Å². The van der Waals surface area contributed by atoms with Crippen LogP contribution in [-0.4, -0.2) is 27.5 Å². The summed E-state index contributed by atoms with van der Waals surface area (Å²) in [5.41, 5.74) is 5.16. The Morgan fingerprint density at radius 3 is 2.68 bits per heavy atom. The molecule has 0 spiro atoms. The third-order valence-electron chi connectivity index (χ3n) is 3.39. The summed E-state index contributed by atoms with van der Waals surface area (Å²) in [5.74, 6) is -1.19. The number of thiazole rings is 1. The van der Waals surface area contributed by atoms with Crippen LogP contribution in [-0.2, 0) is 11.3 Å². The fraction of sp³-hybridized carbons (Fsp3) is 0.583.